The van der Waals surface area contributed by atoms with Gasteiger partial charge in [-0.25, -0.2) is 4.79 Å². The highest BCUT2D eigenvalue weighted by molar-refractivity contribution is 6.35. The second-order valence-electron chi connectivity index (χ2n) is 13.1. The van der Waals surface area contributed by atoms with Crippen LogP contribution in [0.15, 0.2) is 138 Å². The van der Waals surface area contributed by atoms with Crippen molar-refractivity contribution in [2.24, 2.45) is 0 Å². The van der Waals surface area contributed by atoms with Gasteiger partial charge in [0, 0.05) is 6.04 Å². The van der Waals surface area contributed by atoms with Crippen LogP contribution >= 0.6 is 11.6 Å². The number of piperidine rings is 1. The number of fused-ring (bicyclic) bond motifs is 1. The van der Waals surface area contributed by atoms with E-state index in [1.165, 1.54) is 7.11 Å². The summed E-state index contributed by atoms with van der Waals surface area (Å²) in [6, 6.07) is 43.5. The summed E-state index contributed by atoms with van der Waals surface area (Å²) in [5.74, 6) is -0.370. The third kappa shape index (κ3) is 6.29. The molecule has 8 heteroatoms. The molecule has 50 heavy (non-hydrogen) atoms. The number of benzene rings is 5. The molecule has 1 aliphatic heterocycles. The zero-order valence-electron chi connectivity index (χ0n) is 28.3. The van der Waals surface area contributed by atoms with Crippen molar-refractivity contribution in [3.63, 3.8) is 0 Å². The standard InChI is InChI=1S/C42H41ClN4O3/c1-45-27-25-35(26-28-45)46-38-20-12-19-36(43)39(38)47(41(46)49)34-23-21-30(22-24-34)29-37(40(48)50-2)44-42(31-13-6-3-7-14-31,32-15-8-4-9-16-32)33-17-10-5-11-18-33/h3-24,35,37,44H,25-29H2,1-2H3. The lowest BCUT2D eigenvalue weighted by Crippen LogP contribution is -2.53. The third-order valence-electron chi connectivity index (χ3n) is 10.0. The maximum absolute atomic E-state index is 14.2. The van der Waals surface area contributed by atoms with Crippen molar-refractivity contribution in [3.05, 3.63) is 171 Å². The number of nitrogens with one attached hydrogen (secondary N) is 1. The van der Waals surface area contributed by atoms with E-state index in [4.69, 9.17) is 16.3 Å². The number of esters is 1. The van der Waals surface area contributed by atoms with Crippen molar-refractivity contribution in [3.8, 4) is 5.69 Å². The topological polar surface area (TPSA) is 68.5 Å². The van der Waals surface area contributed by atoms with Gasteiger partial charge in [-0.15, -0.1) is 0 Å². The van der Waals surface area contributed by atoms with Crippen LogP contribution in [0.3, 0.4) is 0 Å². The van der Waals surface area contributed by atoms with Crippen LogP contribution < -0.4 is 11.0 Å². The van der Waals surface area contributed by atoms with Crippen LogP contribution in [0.5, 0.6) is 0 Å². The highest BCUT2D eigenvalue weighted by atomic mass is 35.5. The van der Waals surface area contributed by atoms with Gasteiger partial charge in [0.05, 0.1) is 34.4 Å². The molecule has 0 saturated carbocycles. The largest absolute Gasteiger partial charge is 0.468 e. The van der Waals surface area contributed by atoms with Gasteiger partial charge in [0.15, 0.2) is 0 Å². The molecule has 1 N–H and O–H groups in total. The molecule has 7 nitrogen and oxygen atoms in total. The van der Waals surface area contributed by atoms with Crippen LogP contribution in [0.1, 0.15) is 41.1 Å². The molecule has 1 unspecified atom stereocenters. The van der Waals surface area contributed by atoms with Crippen molar-refractivity contribution in [1.29, 1.82) is 0 Å². The van der Waals surface area contributed by atoms with Gasteiger partial charge in [-0.2, -0.15) is 0 Å². The maximum Gasteiger partial charge on any atom is 0.334 e. The number of hydrogen-bond acceptors (Lipinski definition) is 5. The molecule has 7 rings (SSSR count). The first-order valence-electron chi connectivity index (χ1n) is 17.1. The zero-order valence-corrected chi connectivity index (χ0v) is 29.1. The Morgan fingerprint density at radius 3 is 1.86 bits per heavy atom. The molecule has 1 aromatic heterocycles. The fourth-order valence-electron chi connectivity index (χ4n) is 7.50. The number of carbonyl (C=O) groups is 1. The van der Waals surface area contributed by atoms with Gasteiger partial charge in [0.1, 0.15) is 6.04 Å². The van der Waals surface area contributed by atoms with Crippen molar-refractivity contribution in [2.45, 2.75) is 36.9 Å². The highest BCUT2D eigenvalue weighted by Crippen LogP contribution is 2.38. The van der Waals surface area contributed by atoms with Crippen molar-refractivity contribution in [2.75, 3.05) is 27.2 Å². The molecule has 0 aliphatic carbocycles. The molecular formula is C42H41ClN4O3. The summed E-state index contributed by atoms with van der Waals surface area (Å²) in [5, 5.41) is 4.32. The van der Waals surface area contributed by atoms with Crippen molar-refractivity contribution < 1.29 is 9.53 Å². The van der Waals surface area contributed by atoms with Crippen LogP contribution in [0.4, 0.5) is 0 Å². The Bertz CT molecular complexity index is 2020. The molecule has 5 aromatic carbocycles. The number of likely N-dealkylation sites (tertiary alicyclic amines) is 1. The third-order valence-corrected chi connectivity index (χ3v) is 10.3. The first-order valence-corrected chi connectivity index (χ1v) is 17.5. The molecule has 2 heterocycles. The summed E-state index contributed by atoms with van der Waals surface area (Å²) in [6.45, 7) is 1.88. The van der Waals surface area contributed by atoms with E-state index in [0.717, 1.165) is 59.4 Å². The second-order valence-corrected chi connectivity index (χ2v) is 13.5. The molecule has 0 bridgehead atoms. The number of methoxy groups -OCH3 is 1. The van der Waals surface area contributed by atoms with Crippen LogP contribution in [-0.2, 0) is 21.5 Å². The molecular weight excluding hydrogens is 644 g/mol. The molecule has 6 aromatic rings. The van der Waals surface area contributed by atoms with E-state index in [-0.39, 0.29) is 17.7 Å². The van der Waals surface area contributed by atoms with E-state index < -0.39 is 11.6 Å². The highest BCUT2D eigenvalue weighted by Gasteiger charge is 2.40. The summed E-state index contributed by atoms with van der Waals surface area (Å²) in [6.07, 6.45) is 2.16. The first-order chi connectivity index (χ1) is 24.4. The van der Waals surface area contributed by atoms with Crippen LogP contribution in [0, 0.1) is 0 Å². The molecule has 254 valence electrons. The average molecular weight is 685 g/mol. The lowest BCUT2D eigenvalue weighted by Gasteiger charge is -2.39. The minimum atomic E-state index is -0.859. The maximum atomic E-state index is 14.2. The number of ether oxygens (including phenoxy) is 1. The lowest BCUT2D eigenvalue weighted by atomic mass is 9.76. The van der Waals surface area contributed by atoms with E-state index in [1.807, 2.05) is 102 Å². The van der Waals surface area contributed by atoms with E-state index in [9.17, 15) is 9.59 Å². The predicted octanol–water partition coefficient (Wildman–Crippen LogP) is 7.38. The number of halogens is 1. The summed E-state index contributed by atoms with van der Waals surface area (Å²) in [4.78, 5) is 30.1. The second kappa shape index (κ2) is 14.5. The summed E-state index contributed by atoms with van der Waals surface area (Å²) in [5.41, 5.74) is 5.23. The SMILES string of the molecule is COC(=O)C(Cc1ccc(-n2c(=O)n(C3CCN(C)CC3)c3cccc(Cl)c32)cc1)NC(c1ccccc1)(c1ccccc1)c1ccccc1. The van der Waals surface area contributed by atoms with E-state index in [0.29, 0.717) is 17.0 Å². The lowest BCUT2D eigenvalue weighted by molar-refractivity contribution is -0.143. The average Bonchev–Trinajstić information content (AvgIpc) is 3.47. The number of nitrogens with zero attached hydrogens (tertiary/aromatic N) is 3. The van der Waals surface area contributed by atoms with Crippen LogP contribution in [-0.4, -0.2) is 53.3 Å². The van der Waals surface area contributed by atoms with Crippen LogP contribution in [0.25, 0.3) is 16.7 Å². The molecule has 0 spiro atoms. The van der Waals surface area contributed by atoms with Crippen LogP contribution in [0.2, 0.25) is 5.02 Å². The number of carbonyl (C=O) groups excluding carboxylic acids is 1. The number of aromatic nitrogens is 2. The Balaban J connectivity index is 1.27. The van der Waals surface area contributed by atoms with E-state index >= 15 is 0 Å². The Kier molecular flexibility index (Phi) is 9.72. The molecule has 1 saturated heterocycles. The first kappa shape index (κ1) is 33.5. The smallest absolute Gasteiger partial charge is 0.334 e. The summed E-state index contributed by atoms with van der Waals surface area (Å²) < 4.78 is 9.06. The Labute approximate surface area is 297 Å². The zero-order chi connectivity index (χ0) is 34.7. The fourth-order valence-corrected chi connectivity index (χ4v) is 7.75. The normalized spacial score (nSPS) is 14.9. The number of para-hydroxylation sites is 1. The van der Waals surface area contributed by atoms with E-state index in [1.54, 1.807) is 4.57 Å². The molecule has 1 atom stereocenters. The summed E-state index contributed by atoms with van der Waals surface area (Å²) >= 11 is 6.78. The minimum Gasteiger partial charge on any atom is -0.468 e. The van der Waals surface area contributed by atoms with Gasteiger partial charge in [0.2, 0.25) is 0 Å². The number of rotatable bonds is 10. The Morgan fingerprint density at radius 1 is 0.800 bits per heavy atom. The fraction of sp³-hybridized carbons (Fsp3) is 0.238. The minimum absolute atomic E-state index is 0.0946. The Morgan fingerprint density at radius 2 is 1.34 bits per heavy atom. The van der Waals surface area contributed by atoms with Gasteiger partial charge in [-0.05, 0) is 85.9 Å². The summed E-state index contributed by atoms with van der Waals surface area (Å²) in [7, 11) is 3.54. The van der Waals surface area contributed by atoms with Gasteiger partial charge in [0.25, 0.3) is 0 Å². The van der Waals surface area contributed by atoms with Crippen molar-refractivity contribution in [1.82, 2.24) is 19.4 Å². The van der Waals surface area contributed by atoms with Gasteiger partial charge in [-0.3, -0.25) is 19.2 Å². The predicted molar refractivity (Wildman–Crippen MR) is 200 cm³/mol. The monoisotopic (exact) mass is 684 g/mol. The molecule has 0 amide bonds. The van der Waals surface area contributed by atoms with Gasteiger partial charge >= 0.3 is 11.7 Å². The molecule has 1 aliphatic rings. The molecule has 0 radical (unpaired) electrons. The number of imidazole rings is 1. The van der Waals surface area contributed by atoms with Gasteiger partial charge < -0.3 is 9.64 Å². The number of hydrogen-bond donors (Lipinski definition) is 1. The van der Waals surface area contributed by atoms with Crippen molar-refractivity contribution >= 4 is 28.6 Å². The quantitative estimate of drug-likeness (QED) is 0.121. The molecule has 1 fully saturated rings. The Hall–Kier alpha value is -4.95. The van der Waals surface area contributed by atoms with E-state index in [2.05, 4.69) is 53.7 Å². The van der Waals surface area contributed by atoms with Gasteiger partial charge in [-0.1, -0.05) is 121 Å².